The topological polar surface area (TPSA) is 65.4 Å². The van der Waals surface area contributed by atoms with Gasteiger partial charge in [0.15, 0.2) is 0 Å². The molecule has 0 radical (unpaired) electrons. The van der Waals surface area contributed by atoms with Crippen molar-refractivity contribution in [1.82, 2.24) is 9.66 Å². The molecule has 0 aliphatic carbocycles. The number of hydrogen-bond acceptors (Lipinski definition) is 4. The number of hydrogen-bond donors (Lipinski definition) is 1. The van der Waals surface area contributed by atoms with Gasteiger partial charge in [0, 0.05) is 10.0 Å². The molecule has 4 rings (SSSR count). The first kappa shape index (κ1) is 19.0. The Morgan fingerprint density at radius 3 is 2.41 bits per heavy atom. The Kier molecular flexibility index (Phi) is 5.72. The van der Waals surface area contributed by atoms with Gasteiger partial charge in [-0.1, -0.05) is 58.4 Å². The largest absolute Gasteiger partial charge is 0.489 e. The summed E-state index contributed by atoms with van der Waals surface area (Å²) in [6.45, 7) is 0.538. The molecule has 4 aromatic rings. The molecule has 0 aliphatic heterocycles. The van der Waals surface area contributed by atoms with Gasteiger partial charge >= 0.3 is 0 Å². The Labute approximate surface area is 177 Å². The lowest BCUT2D eigenvalue weighted by molar-refractivity contribution is 0.306. The fourth-order valence-electron chi connectivity index (χ4n) is 2.81. The van der Waals surface area contributed by atoms with Gasteiger partial charge in [-0.15, -0.1) is 0 Å². The number of nitrogens with two attached hydrogens (primary N) is 1. The molecule has 0 amide bonds. The van der Waals surface area contributed by atoms with E-state index in [2.05, 4.69) is 26.0 Å². The number of halogens is 1. The summed E-state index contributed by atoms with van der Waals surface area (Å²) in [5.74, 6) is 1.14. The third-order valence-electron chi connectivity index (χ3n) is 4.35. The quantitative estimate of drug-likeness (QED) is 0.405. The molecule has 0 fully saturated rings. The molecule has 0 aliphatic rings. The van der Waals surface area contributed by atoms with Gasteiger partial charge in [-0.2, -0.15) is 9.78 Å². The Hall–Kier alpha value is -3.38. The van der Waals surface area contributed by atoms with Crippen LogP contribution in [0.15, 0.2) is 94.6 Å². The van der Waals surface area contributed by atoms with Crippen LogP contribution in [0.4, 0.5) is 5.95 Å². The molecule has 0 unspecified atom stereocenters. The monoisotopic (exact) mass is 446 g/mol. The highest BCUT2D eigenvalue weighted by Crippen LogP contribution is 2.24. The van der Waals surface area contributed by atoms with Gasteiger partial charge in [0.05, 0.1) is 18.1 Å². The highest BCUT2D eigenvalue weighted by atomic mass is 79.9. The van der Waals surface area contributed by atoms with Crippen LogP contribution in [0.25, 0.3) is 11.3 Å². The van der Waals surface area contributed by atoms with E-state index in [1.165, 1.54) is 0 Å². The van der Waals surface area contributed by atoms with Crippen molar-refractivity contribution in [2.24, 2.45) is 5.10 Å². The number of aromatic nitrogens is 2. The van der Waals surface area contributed by atoms with E-state index >= 15 is 0 Å². The molecular formula is C23H19BrN4O. The second-order valence-electron chi connectivity index (χ2n) is 6.41. The molecule has 0 saturated carbocycles. The van der Waals surface area contributed by atoms with Gasteiger partial charge in [0.25, 0.3) is 0 Å². The van der Waals surface area contributed by atoms with Crippen LogP contribution < -0.4 is 10.5 Å². The first-order valence-electron chi connectivity index (χ1n) is 9.09. The molecule has 0 bridgehead atoms. The number of benzene rings is 3. The number of anilines is 1. The molecule has 5 nitrogen and oxygen atoms in total. The minimum atomic E-state index is 0.335. The van der Waals surface area contributed by atoms with E-state index in [0.717, 1.165) is 32.6 Å². The van der Waals surface area contributed by atoms with Crippen molar-refractivity contribution in [2.75, 3.05) is 5.73 Å². The van der Waals surface area contributed by atoms with Crippen LogP contribution in [0, 0.1) is 0 Å². The second kappa shape index (κ2) is 8.75. The zero-order valence-electron chi connectivity index (χ0n) is 15.6. The first-order valence-corrected chi connectivity index (χ1v) is 9.88. The number of nitrogen functional groups attached to an aromatic ring is 1. The normalized spacial score (nSPS) is 11.1. The molecule has 6 heteroatoms. The van der Waals surface area contributed by atoms with Gasteiger partial charge in [0.1, 0.15) is 12.4 Å². The molecule has 144 valence electrons. The molecule has 3 aromatic carbocycles. The van der Waals surface area contributed by atoms with E-state index < -0.39 is 0 Å². The maximum Gasteiger partial charge on any atom is 0.221 e. The number of ether oxygens (including phenoxy) is 1. The summed E-state index contributed by atoms with van der Waals surface area (Å²) < 4.78 is 8.46. The molecule has 0 saturated heterocycles. The average molecular weight is 447 g/mol. The van der Waals surface area contributed by atoms with E-state index in [0.29, 0.717) is 12.6 Å². The maximum atomic E-state index is 6.00. The summed E-state index contributed by atoms with van der Waals surface area (Å²) in [5, 5.41) is 4.51. The van der Waals surface area contributed by atoms with Crippen molar-refractivity contribution in [2.45, 2.75) is 6.61 Å². The minimum Gasteiger partial charge on any atom is -0.489 e. The van der Waals surface area contributed by atoms with Crippen molar-refractivity contribution in [3.05, 3.63) is 101 Å². The summed E-state index contributed by atoms with van der Waals surface area (Å²) in [7, 11) is 0. The molecule has 1 aromatic heterocycles. The van der Waals surface area contributed by atoms with Crippen LogP contribution in [0.3, 0.4) is 0 Å². The number of rotatable bonds is 6. The van der Waals surface area contributed by atoms with Gasteiger partial charge in [-0.3, -0.25) is 0 Å². The molecule has 29 heavy (non-hydrogen) atoms. The number of imidazole rings is 1. The van der Waals surface area contributed by atoms with E-state index in [1.807, 2.05) is 78.9 Å². The van der Waals surface area contributed by atoms with Gasteiger partial charge < -0.3 is 10.5 Å². The zero-order chi connectivity index (χ0) is 20.1. The summed E-state index contributed by atoms with van der Waals surface area (Å²) in [6, 6.07) is 25.8. The van der Waals surface area contributed by atoms with Crippen molar-refractivity contribution < 1.29 is 4.74 Å². The maximum absolute atomic E-state index is 6.00. The molecule has 1 heterocycles. The Morgan fingerprint density at radius 2 is 1.69 bits per heavy atom. The standard InChI is InChI=1S/C23H19BrN4O/c24-20-10-8-19(9-11-20)22-15-26-23(25)28(22)27-14-17-6-12-21(13-7-17)29-16-18-4-2-1-3-5-18/h1-15H,16H2,(H2,25,26). The van der Waals surface area contributed by atoms with Crippen molar-refractivity contribution >= 4 is 28.1 Å². The average Bonchev–Trinajstić information content (AvgIpc) is 3.13. The summed E-state index contributed by atoms with van der Waals surface area (Å²) in [5.41, 5.74) is 9.88. The molecule has 2 N–H and O–H groups in total. The van der Waals surface area contributed by atoms with Crippen LogP contribution in [0.1, 0.15) is 11.1 Å². The van der Waals surface area contributed by atoms with Gasteiger partial charge in [-0.25, -0.2) is 4.98 Å². The summed E-state index contributed by atoms with van der Waals surface area (Å²) in [6.07, 6.45) is 3.47. The van der Waals surface area contributed by atoms with E-state index in [-0.39, 0.29) is 0 Å². The highest BCUT2D eigenvalue weighted by Gasteiger charge is 2.08. The first-order chi connectivity index (χ1) is 14.2. The van der Waals surface area contributed by atoms with Crippen LogP contribution in [-0.2, 0) is 6.61 Å². The minimum absolute atomic E-state index is 0.335. The van der Waals surface area contributed by atoms with E-state index in [4.69, 9.17) is 10.5 Å². The van der Waals surface area contributed by atoms with E-state index in [1.54, 1.807) is 17.1 Å². The predicted molar refractivity (Wildman–Crippen MR) is 120 cm³/mol. The number of nitrogens with zero attached hydrogens (tertiary/aromatic N) is 3. The summed E-state index contributed by atoms with van der Waals surface area (Å²) in [4.78, 5) is 4.19. The fourth-order valence-corrected chi connectivity index (χ4v) is 3.08. The van der Waals surface area contributed by atoms with E-state index in [9.17, 15) is 0 Å². The second-order valence-corrected chi connectivity index (χ2v) is 7.32. The Bertz CT molecular complexity index is 1100. The van der Waals surface area contributed by atoms with Crippen LogP contribution in [-0.4, -0.2) is 15.9 Å². The summed E-state index contributed by atoms with van der Waals surface area (Å²) >= 11 is 3.45. The Balaban J connectivity index is 1.47. The van der Waals surface area contributed by atoms with Crippen molar-refractivity contribution in [3.8, 4) is 17.0 Å². The third-order valence-corrected chi connectivity index (χ3v) is 4.88. The zero-order valence-corrected chi connectivity index (χ0v) is 17.2. The Morgan fingerprint density at radius 1 is 0.966 bits per heavy atom. The van der Waals surface area contributed by atoms with Crippen molar-refractivity contribution in [1.29, 1.82) is 0 Å². The van der Waals surface area contributed by atoms with Crippen LogP contribution in [0.5, 0.6) is 5.75 Å². The molecular weight excluding hydrogens is 428 g/mol. The van der Waals surface area contributed by atoms with Gasteiger partial charge in [-0.05, 0) is 47.5 Å². The highest BCUT2D eigenvalue weighted by molar-refractivity contribution is 9.10. The van der Waals surface area contributed by atoms with Gasteiger partial charge in [0.2, 0.25) is 5.95 Å². The SMILES string of the molecule is Nc1ncc(-c2ccc(Br)cc2)n1N=Cc1ccc(OCc2ccccc2)cc1. The lowest BCUT2D eigenvalue weighted by Gasteiger charge is -2.07. The molecule has 0 spiro atoms. The smallest absolute Gasteiger partial charge is 0.221 e. The lowest BCUT2D eigenvalue weighted by atomic mass is 10.2. The fraction of sp³-hybridized carbons (Fsp3) is 0.0435. The van der Waals surface area contributed by atoms with Crippen LogP contribution in [0.2, 0.25) is 0 Å². The van der Waals surface area contributed by atoms with Crippen LogP contribution >= 0.6 is 15.9 Å². The molecule has 0 atom stereocenters. The van der Waals surface area contributed by atoms with Crippen molar-refractivity contribution in [3.63, 3.8) is 0 Å². The third kappa shape index (κ3) is 4.73. The predicted octanol–water partition coefficient (Wildman–Crippen LogP) is 5.36. The lowest BCUT2D eigenvalue weighted by Crippen LogP contribution is -2.00.